The van der Waals surface area contributed by atoms with Crippen LogP contribution in [0, 0.1) is 0 Å². The van der Waals surface area contributed by atoms with Gasteiger partial charge in [0.05, 0.1) is 25.0 Å². The van der Waals surface area contributed by atoms with Crippen molar-refractivity contribution in [2.75, 3.05) is 26.9 Å². The van der Waals surface area contributed by atoms with E-state index in [4.69, 9.17) is 19.4 Å². The predicted molar refractivity (Wildman–Crippen MR) is 79.2 cm³/mol. The molecule has 0 saturated heterocycles. The van der Waals surface area contributed by atoms with Crippen LogP contribution in [0.25, 0.3) is 0 Å². The summed E-state index contributed by atoms with van der Waals surface area (Å²) in [6, 6.07) is 7.13. The maximum Gasteiger partial charge on any atom is 0.120 e. The number of ether oxygens (including phenoxy) is 3. The molecule has 0 aromatic heterocycles. The van der Waals surface area contributed by atoms with E-state index in [-0.39, 0.29) is 19.3 Å². The first-order valence-corrected chi connectivity index (χ1v) is 6.77. The van der Waals surface area contributed by atoms with Gasteiger partial charge in [0, 0.05) is 12.7 Å². The van der Waals surface area contributed by atoms with Crippen molar-refractivity contribution in [2.24, 2.45) is 5.16 Å². The van der Waals surface area contributed by atoms with Gasteiger partial charge in [-0.15, -0.1) is 0 Å². The molecule has 0 aliphatic carbocycles. The molecule has 0 spiro atoms. The van der Waals surface area contributed by atoms with E-state index in [9.17, 15) is 5.11 Å². The highest BCUT2D eigenvalue weighted by Crippen LogP contribution is 2.14. The van der Waals surface area contributed by atoms with Crippen molar-refractivity contribution < 1.29 is 24.5 Å². The SMILES string of the molecule is COCC(C)OCC(O)COc1cccc(/C(C)=N/O)c1. The van der Waals surface area contributed by atoms with Gasteiger partial charge in [0.2, 0.25) is 0 Å². The normalized spacial score (nSPS) is 14.8. The van der Waals surface area contributed by atoms with Gasteiger partial charge in [0.15, 0.2) is 0 Å². The topological polar surface area (TPSA) is 80.5 Å². The zero-order chi connectivity index (χ0) is 15.7. The van der Waals surface area contributed by atoms with E-state index in [1.807, 2.05) is 13.0 Å². The summed E-state index contributed by atoms with van der Waals surface area (Å²) in [5.74, 6) is 0.597. The largest absolute Gasteiger partial charge is 0.491 e. The summed E-state index contributed by atoms with van der Waals surface area (Å²) < 4.78 is 15.8. The summed E-state index contributed by atoms with van der Waals surface area (Å²) in [5, 5.41) is 21.7. The van der Waals surface area contributed by atoms with E-state index >= 15 is 0 Å². The molecule has 1 aromatic rings. The van der Waals surface area contributed by atoms with Gasteiger partial charge in [0.25, 0.3) is 0 Å². The lowest BCUT2D eigenvalue weighted by Crippen LogP contribution is -2.27. The fourth-order valence-electron chi connectivity index (χ4n) is 1.67. The zero-order valence-electron chi connectivity index (χ0n) is 12.7. The Kier molecular flexibility index (Phi) is 7.74. The Morgan fingerprint density at radius 2 is 2.05 bits per heavy atom. The van der Waals surface area contributed by atoms with E-state index in [1.165, 1.54) is 0 Å². The van der Waals surface area contributed by atoms with Crippen molar-refractivity contribution in [3.05, 3.63) is 29.8 Å². The van der Waals surface area contributed by atoms with Crippen LogP contribution >= 0.6 is 0 Å². The van der Waals surface area contributed by atoms with E-state index in [2.05, 4.69) is 5.16 Å². The molecule has 6 heteroatoms. The molecule has 0 saturated carbocycles. The number of rotatable bonds is 9. The average molecular weight is 297 g/mol. The number of nitrogens with zero attached hydrogens (tertiary/aromatic N) is 1. The van der Waals surface area contributed by atoms with Crippen molar-refractivity contribution in [1.82, 2.24) is 0 Å². The molecule has 0 aliphatic rings. The van der Waals surface area contributed by atoms with Gasteiger partial charge in [-0.1, -0.05) is 17.3 Å². The number of methoxy groups -OCH3 is 1. The first kappa shape index (κ1) is 17.4. The minimum Gasteiger partial charge on any atom is -0.491 e. The Hall–Kier alpha value is -1.63. The number of hydrogen-bond acceptors (Lipinski definition) is 6. The summed E-state index contributed by atoms with van der Waals surface area (Å²) in [4.78, 5) is 0. The van der Waals surface area contributed by atoms with E-state index in [0.717, 1.165) is 5.56 Å². The number of aliphatic hydroxyl groups excluding tert-OH is 1. The van der Waals surface area contributed by atoms with Crippen LogP contribution in [0.15, 0.2) is 29.4 Å². The molecule has 1 rings (SSSR count). The summed E-state index contributed by atoms with van der Waals surface area (Å²) in [5.41, 5.74) is 1.26. The Bertz CT molecular complexity index is 449. The lowest BCUT2D eigenvalue weighted by Gasteiger charge is -2.16. The number of aliphatic hydroxyl groups is 1. The second-order valence-electron chi connectivity index (χ2n) is 4.78. The van der Waals surface area contributed by atoms with Crippen molar-refractivity contribution in [2.45, 2.75) is 26.1 Å². The van der Waals surface area contributed by atoms with Gasteiger partial charge in [-0.25, -0.2) is 0 Å². The molecule has 1 aromatic carbocycles. The van der Waals surface area contributed by atoms with Crippen molar-refractivity contribution >= 4 is 5.71 Å². The van der Waals surface area contributed by atoms with Gasteiger partial charge >= 0.3 is 0 Å². The Morgan fingerprint density at radius 1 is 1.29 bits per heavy atom. The average Bonchev–Trinajstić information content (AvgIpc) is 2.50. The number of oxime groups is 1. The molecular formula is C15H23NO5. The third kappa shape index (κ3) is 6.57. The molecule has 2 atom stereocenters. The maximum absolute atomic E-state index is 9.80. The van der Waals surface area contributed by atoms with E-state index in [1.54, 1.807) is 32.2 Å². The first-order valence-electron chi connectivity index (χ1n) is 6.77. The molecule has 21 heavy (non-hydrogen) atoms. The molecule has 0 heterocycles. The standard InChI is InChI=1S/C15H23NO5/c1-11(8-19-3)20-9-14(17)10-21-15-6-4-5-13(7-15)12(2)16-18/h4-7,11,14,17-18H,8-10H2,1-3H3/b16-12+. The number of benzene rings is 1. The zero-order valence-corrected chi connectivity index (χ0v) is 12.7. The van der Waals surface area contributed by atoms with Gasteiger partial charge in [-0.2, -0.15) is 0 Å². The van der Waals surface area contributed by atoms with Crippen LogP contribution in [0.5, 0.6) is 5.75 Å². The molecule has 0 bridgehead atoms. The van der Waals surface area contributed by atoms with Crippen LogP contribution in [-0.4, -0.2) is 55.2 Å². The maximum atomic E-state index is 9.80. The second kappa shape index (κ2) is 9.33. The minimum atomic E-state index is -0.722. The summed E-state index contributed by atoms with van der Waals surface area (Å²) in [7, 11) is 1.60. The predicted octanol–water partition coefficient (Wildman–Crippen LogP) is 1.68. The fourth-order valence-corrected chi connectivity index (χ4v) is 1.67. The van der Waals surface area contributed by atoms with Crippen LogP contribution in [-0.2, 0) is 9.47 Å². The van der Waals surface area contributed by atoms with Crippen molar-refractivity contribution in [1.29, 1.82) is 0 Å². The number of hydrogen-bond donors (Lipinski definition) is 2. The lowest BCUT2D eigenvalue weighted by molar-refractivity contribution is -0.0423. The molecule has 2 unspecified atom stereocenters. The quantitative estimate of drug-likeness (QED) is 0.412. The van der Waals surface area contributed by atoms with Gasteiger partial charge in [0.1, 0.15) is 18.5 Å². The minimum absolute atomic E-state index is 0.0728. The molecule has 0 amide bonds. The fraction of sp³-hybridized carbons (Fsp3) is 0.533. The van der Waals surface area contributed by atoms with Gasteiger partial charge < -0.3 is 24.5 Å². The highest BCUT2D eigenvalue weighted by molar-refractivity contribution is 5.98. The second-order valence-corrected chi connectivity index (χ2v) is 4.78. The highest BCUT2D eigenvalue weighted by atomic mass is 16.5. The van der Waals surface area contributed by atoms with Crippen LogP contribution in [0.1, 0.15) is 19.4 Å². The molecule has 0 fully saturated rings. The molecule has 0 radical (unpaired) electrons. The highest BCUT2D eigenvalue weighted by Gasteiger charge is 2.09. The Labute approximate surface area is 124 Å². The molecular weight excluding hydrogens is 274 g/mol. The first-order chi connectivity index (χ1) is 10.1. The van der Waals surface area contributed by atoms with E-state index in [0.29, 0.717) is 18.1 Å². The molecule has 6 nitrogen and oxygen atoms in total. The van der Waals surface area contributed by atoms with Crippen LogP contribution in [0.3, 0.4) is 0 Å². The van der Waals surface area contributed by atoms with Crippen molar-refractivity contribution in [3.63, 3.8) is 0 Å². The van der Waals surface area contributed by atoms with Crippen molar-refractivity contribution in [3.8, 4) is 5.75 Å². The van der Waals surface area contributed by atoms with Gasteiger partial charge in [-0.05, 0) is 26.0 Å². The van der Waals surface area contributed by atoms with Gasteiger partial charge in [-0.3, -0.25) is 0 Å². The van der Waals surface area contributed by atoms with E-state index < -0.39 is 6.10 Å². The summed E-state index contributed by atoms with van der Waals surface area (Å²) in [6.45, 7) is 4.35. The van der Waals surface area contributed by atoms with Crippen LogP contribution < -0.4 is 4.74 Å². The smallest absolute Gasteiger partial charge is 0.120 e. The molecule has 0 aliphatic heterocycles. The lowest BCUT2D eigenvalue weighted by atomic mass is 10.1. The Morgan fingerprint density at radius 3 is 2.71 bits per heavy atom. The third-order valence-electron chi connectivity index (χ3n) is 2.82. The molecule has 118 valence electrons. The summed E-state index contributed by atoms with van der Waals surface area (Å²) >= 11 is 0. The molecule has 2 N–H and O–H groups in total. The third-order valence-corrected chi connectivity index (χ3v) is 2.82. The Balaban J connectivity index is 2.41. The monoisotopic (exact) mass is 297 g/mol. The summed E-state index contributed by atoms with van der Waals surface area (Å²) in [6.07, 6.45) is -0.794. The van der Waals surface area contributed by atoms with Crippen LogP contribution in [0.2, 0.25) is 0 Å². The van der Waals surface area contributed by atoms with Crippen LogP contribution in [0.4, 0.5) is 0 Å².